The zero-order chi connectivity index (χ0) is 16.8. The van der Waals surface area contributed by atoms with Crippen molar-refractivity contribution in [2.24, 2.45) is 7.05 Å². The van der Waals surface area contributed by atoms with Crippen molar-refractivity contribution in [2.75, 3.05) is 6.54 Å². The molecule has 6 heteroatoms. The van der Waals surface area contributed by atoms with E-state index in [0.717, 1.165) is 41.8 Å². The molecule has 1 atom stereocenters. The fourth-order valence-electron chi connectivity index (χ4n) is 3.65. The maximum Gasteiger partial charge on any atom is 0.271 e. The fraction of sp³-hybridized carbons (Fsp3) is 0.389. The van der Waals surface area contributed by atoms with Gasteiger partial charge in [0.1, 0.15) is 11.5 Å². The van der Waals surface area contributed by atoms with Crippen LogP contribution in [0.5, 0.6) is 0 Å². The minimum Gasteiger partial charge on any atom is -0.340 e. The van der Waals surface area contributed by atoms with E-state index in [1.807, 2.05) is 35.6 Å². The van der Waals surface area contributed by atoms with E-state index >= 15 is 0 Å². The van der Waals surface area contributed by atoms with Gasteiger partial charge in [0, 0.05) is 24.5 Å². The highest BCUT2D eigenvalue weighted by molar-refractivity contribution is 5.99. The summed E-state index contributed by atoms with van der Waals surface area (Å²) in [5, 5.41) is 8.28. The minimum absolute atomic E-state index is 0.0402. The van der Waals surface area contributed by atoms with Crippen molar-refractivity contribution in [1.29, 1.82) is 0 Å². The molecule has 1 fully saturated rings. The Balaban J connectivity index is 1.73. The topological polar surface area (TPSA) is 66.8 Å². The summed E-state index contributed by atoms with van der Waals surface area (Å²) in [6.45, 7) is 4.70. The Labute approximate surface area is 140 Å². The molecule has 1 aromatic carbocycles. The van der Waals surface area contributed by atoms with Crippen molar-refractivity contribution in [1.82, 2.24) is 24.6 Å². The summed E-state index contributed by atoms with van der Waals surface area (Å²) in [6, 6.07) is 8.12. The van der Waals surface area contributed by atoms with Crippen LogP contribution in [0.2, 0.25) is 0 Å². The number of likely N-dealkylation sites (tertiary alicyclic amines) is 1. The van der Waals surface area contributed by atoms with Gasteiger partial charge in [0.2, 0.25) is 0 Å². The van der Waals surface area contributed by atoms with E-state index in [9.17, 15) is 4.79 Å². The van der Waals surface area contributed by atoms with Crippen molar-refractivity contribution in [2.45, 2.75) is 32.7 Å². The molecule has 1 unspecified atom stereocenters. The Morgan fingerprint density at radius 2 is 2.17 bits per heavy atom. The molecule has 0 bridgehead atoms. The van der Waals surface area contributed by atoms with Gasteiger partial charge in [-0.25, -0.2) is 4.98 Å². The highest BCUT2D eigenvalue weighted by Gasteiger charge is 2.34. The van der Waals surface area contributed by atoms with Crippen LogP contribution >= 0.6 is 0 Å². The lowest BCUT2D eigenvalue weighted by atomic mass is 10.1. The number of aryl methyl sites for hydroxylation is 3. The number of carbonyl (C=O) groups is 1. The first-order valence-electron chi connectivity index (χ1n) is 8.31. The molecule has 0 spiro atoms. The summed E-state index contributed by atoms with van der Waals surface area (Å²) in [7, 11) is 1.96. The van der Waals surface area contributed by atoms with Crippen LogP contribution in [-0.4, -0.2) is 37.1 Å². The number of amides is 1. The standard InChI is InChI=1S/C18H21N5O/c1-11-6-4-7-14-13(11)10-16(22(14)3)18(24)23-9-5-8-15(23)17-19-12(2)20-21-17/h4,6-7,10,15H,5,8-9H2,1-3H3,(H,19,20,21). The normalized spacial score (nSPS) is 17.8. The Morgan fingerprint density at radius 3 is 2.88 bits per heavy atom. The van der Waals surface area contributed by atoms with Gasteiger partial charge < -0.3 is 9.47 Å². The summed E-state index contributed by atoms with van der Waals surface area (Å²) in [5.41, 5.74) is 2.99. The lowest BCUT2D eigenvalue weighted by molar-refractivity contribution is 0.0721. The van der Waals surface area contributed by atoms with E-state index in [4.69, 9.17) is 0 Å². The van der Waals surface area contributed by atoms with Gasteiger partial charge in [-0.05, 0) is 44.4 Å². The van der Waals surface area contributed by atoms with Gasteiger partial charge in [-0.2, -0.15) is 5.10 Å². The van der Waals surface area contributed by atoms with E-state index < -0.39 is 0 Å². The number of aromatic amines is 1. The van der Waals surface area contributed by atoms with Crippen LogP contribution in [0.3, 0.4) is 0 Å². The number of fused-ring (bicyclic) bond motifs is 1. The molecule has 124 valence electrons. The molecule has 6 nitrogen and oxygen atoms in total. The molecule has 0 radical (unpaired) electrons. The summed E-state index contributed by atoms with van der Waals surface area (Å²) in [6.07, 6.45) is 1.89. The predicted molar refractivity (Wildman–Crippen MR) is 91.8 cm³/mol. The molecule has 24 heavy (non-hydrogen) atoms. The Bertz CT molecular complexity index is 923. The molecule has 4 rings (SSSR count). The zero-order valence-electron chi connectivity index (χ0n) is 14.2. The van der Waals surface area contributed by atoms with Gasteiger partial charge in [0.25, 0.3) is 5.91 Å². The van der Waals surface area contributed by atoms with Gasteiger partial charge >= 0.3 is 0 Å². The van der Waals surface area contributed by atoms with Crippen LogP contribution in [0.15, 0.2) is 24.3 Å². The van der Waals surface area contributed by atoms with Crippen LogP contribution in [-0.2, 0) is 7.05 Å². The number of nitrogens with one attached hydrogen (secondary N) is 1. The lowest BCUT2D eigenvalue weighted by Crippen LogP contribution is -2.32. The average molecular weight is 323 g/mol. The lowest BCUT2D eigenvalue weighted by Gasteiger charge is -2.22. The number of H-pyrrole nitrogens is 1. The second-order valence-electron chi connectivity index (χ2n) is 6.53. The Hall–Kier alpha value is -2.63. The Kier molecular flexibility index (Phi) is 3.40. The number of benzene rings is 1. The number of rotatable bonds is 2. The summed E-state index contributed by atoms with van der Waals surface area (Å²) in [5.74, 6) is 1.55. The van der Waals surface area contributed by atoms with Gasteiger partial charge in [-0.15, -0.1) is 0 Å². The number of carbonyl (C=O) groups excluding carboxylic acids is 1. The first kappa shape index (κ1) is 14.9. The SMILES string of the molecule is Cc1nc(C2CCCN2C(=O)c2cc3c(C)cccc3n2C)n[nH]1. The molecule has 0 aliphatic carbocycles. The van der Waals surface area contributed by atoms with E-state index in [2.05, 4.69) is 34.2 Å². The molecule has 3 aromatic rings. The van der Waals surface area contributed by atoms with Gasteiger partial charge in [-0.1, -0.05) is 12.1 Å². The van der Waals surface area contributed by atoms with Crippen LogP contribution in [0.4, 0.5) is 0 Å². The third kappa shape index (κ3) is 2.21. The second-order valence-corrected chi connectivity index (χ2v) is 6.53. The largest absolute Gasteiger partial charge is 0.340 e. The number of aromatic nitrogens is 4. The minimum atomic E-state index is -0.0402. The van der Waals surface area contributed by atoms with E-state index in [-0.39, 0.29) is 11.9 Å². The maximum atomic E-state index is 13.2. The van der Waals surface area contributed by atoms with Gasteiger partial charge in [-0.3, -0.25) is 9.89 Å². The van der Waals surface area contributed by atoms with Gasteiger partial charge in [0.15, 0.2) is 5.82 Å². The summed E-state index contributed by atoms with van der Waals surface area (Å²) >= 11 is 0. The van der Waals surface area contributed by atoms with Crippen LogP contribution in [0, 0.1) is 13.8 Å². The Morgan fingerprint density at radius 1 is 1.33 bits per heavy atom. The summed E-state index contributed by atoms with van der Waals surface area (Å²) < 4.78 is 1.99. The molecule has 1 saturated heterocycles. The molecule has 1 amide bonds. The monoisotopic (exact) mass is 323 g/mol. The van der Waals surface area contributed by atoms with Crippen LogP contribution < -0.4 is 0 Å². The van der Waals surface area contributed by atoms with Crippen molar-refractivity contribution in [3.8, 4) is 0 Å². The van der Waals surface area contributed by atoms with Crippen LogP contribution in [0.25, 0.3) is 10.9 Å². The number of hydrogen-bond acceptors (Lipinski definition) is 3. The highest BCUT2D eigenvalue weighted by atomic mass is 16.2. The first-order valence-corrected chi connectivity index (χ1v) is 8.31. The van der Waals surface area contributed by atoms with E-state index in [0.29, 0.717) is 5.82 Å². The van der Waals surface area contributed by atoms with E-state index in [1.165, 1.54) is 5.56 Å². The molecule has 1 N–H and O–H groups in total. The molecule has 1 aliphatic heterocycles. The van der Waals surface area contributed by atoms with Crippen molar-refractivity contribution in [3.05, 3.63) is 47.2 Å². The molecule has 2 aromatic heterocycles. The van der Waals surface area contributed by atoms with Crippen molar-refractivity contribution < 1.29 is 4.79 Å². The summed E-state index contributed by atoms with van der Waals surface area (Å²) in [4.78, 5) is 19.5. The molecule has 1 aliphatic rings. The number of nitrogens with zero attached hydrogens (tertiary/aromatic N) is 4. The maximum absolute atomic E-state index is 13.2. The number of hydrogen-bond donors (Lipinski definition) is 1. The molecular formula is C18H21N5O. The molecular weight excluding hydrogens is 302 g/mol. The highest BCUT2D eigenvalue weighted by Crippen LogP contribution is 2.32. The quantitative estimate of drug-likeness (QED) is 0.788. The van der Waals surface area contributed by atoms with Gasteiger partial charge in [0.05, 0.1) is 6.04 Å². The third-order valence-electron chi connectivity index (χ3n) is 4.95. The molecule has 3 heterocycles. The average Bonchev–Trinajstić information content (AvgIpc) is 3.26. The fourth-order valence-corrected chi connectivity index (χ4v) is 3.65. The first-order chi connectivity index (χ1) is 11.6. The van der Waals surface area contributed by atoms with Crippen LogP contribution in [0.1, 0.15) is 46.6 Å². The smallest absolute Gasteiger partial charge is 0.271 e. The van der Waals surface area contributed by atoms with Crippen molar-refractivity contribution >= 4 is 16.8 Å². The molecule has 0 saturated carbocycles. The third-order valence-corrected chi connectivity index (χ3v) is 4.95. The zero-order valence-corrected chi connectivity index (χ0v) is 14.2. The predicted octanol–water partition coefficient (Wildman–Crippen LogP) is 2.89. The van der Waals surface area contributed by atoms with Crippen molar-refractivity contribution in [3.63, 3.8) is 0 Å². The second kappa shape index (κ2) is 5.47. The van der Waals surface area contributed by atoms with E-state index in [1.54, 1.807) is 0 Å².